The Labute approximate surface area is 124 Å². The smallest absolute Gasteiger partial charge is 0.272 e. The molecule has 0 aliphatic heterocycles. The van der Waals surface area contributed by atoms with Crippen molar-refractivity contribution in [3.63, 3.8) is 0 Å². The van der Waals surface area contributed by atoms with Crippen molar-refractivity contribution >= 4 is 23.0 Å². The van der Waals surface area contributed by atoms with E-state index in [2.05, 4.69) is 5.32 Å². The van der Waals surface area contributed by atoms with Crippen molar-refractivity contribution in [2.75, 3.05) is 5.32 Å². The van der Waals surface area contributed by atoms with Gasteiger partial charge in [0.25, 0.3) is 5.69 Å². The maximum atomic E-state index is 13.8. The molecule has 21 heavy (non-hydrogen) atoms. The van der Waals surface area contributed by atoms with E-state index in [-0.39, 0.29) is 16.4 Å². The van der Waals surface area contributed by atoms with E-state index < -0.39 is 22.6 Å². The topological polar surface area (TPSA) is 55.2 Å². The second kappa shape index (κ2) is 6.05. The number of hydrogen-bond donors (Lipinski definition) is 1. The van der Waals surface area contributed by atoms with Crippen LogP contribution in [0.2, 0.25) is 5.02 Å². The van der Waals surface area contributed by atoms with Crippen LogP contribution >= 0.6 is 11.6 Å². The molecule has 0 spiro atoms. The molecule has 0 fully saturated rings. The third-order valence-electron chi connectivity index (χ3n) is 2.98. The summed E-state index contributed by atoms with van der Waals surface area (Å²) in [6.07, 6.45) is 0. The van der Waals surface area contributed by atoms with Crippen LogP contribution in [0.5, 0.6) is 0 Å². The molecule has 0 aromatic heterocycles. The Balaban J connectivity index is 2.21. The first-order chi connectivity index (χ1) is 9.88. The van der Waals surface area contributed by atoms with Gasteiger partial charge in [0.1, 0.15) is 5.82 Å². The molecule has 1 atom stereocenters. The van der Waals surface area contributed by atoms with Crippen molar-refractivity contribution in [1.29, 1.82) is 0 Å². The van der Waals surface area contributed by atoms with Crippen molar-refractivity contribution in [1.82, 2.24) is 0 Å². The molecule has 0 bridgehead atoms. The number of benzene rings is 2. The molecule has 0 heterocycles. The summed E-state index contributed by atoms with van der Waals surface area (Å²) in [4.78, 5) is 9.87. The Bertz CT molecular complexity index is 695. The summed E-state index contributed by atoms with van der Waals surface area (Å²) in [6.45, 7) is 1.71. The summed E-state index contributed by atoms with van der Waals surface area (Å²) < 4.78 is 27.2. The molecule has 0 aliphatic carbocycles. The first-order valence-electron chi connectivity index (χ1n) is 6.04. The van der Waals surface area contributed by atoms with Gasteiger partial charge in [0.05, 0.1) is 21.7 Å². The van der Waals surface area contributed by atoms with Crippen LogP contribution in [-0.4, -0.2) is 4.92 Å². The molecule has 0 saturated heterocycles. The highest BCUT2D eigenvalue weighted by Gasteiger charge is 2.14. The zero-order valence-corrected chi connectivity index (χ0v) is 11.7. The zero-order chi connectivity index (χ0) is 15.6. The minimum absolute atomic E-state index is 0.00691. The summed E-state index contributed by atoms with van der Waals surface area (Å²) in [5.74, 6) is -1.31. The van der Waals surface area contributed by atoms with Gasteiger partial charge in [-0.2, -0.15) is 0 Å². The van der Waals surface area contributed by atoms with Crippen LogP contribution in [-0.2, 0) is 0 Å². The average Bonchev–Trinajstić information content (AvgIpc) is 2.43. The lowest BCUT2D eigenvalue weighted by atomic mass is 10.1. The molecule has 2 aromatic carbocycles. The molecule has 2 rings (SSSR count). The highest BCUT2D eigenvalue weighted by atomic mass is 35.5. The molecule has 2 aromatic rings. The molecule has 0 saturated carbocycles. The average molecular weight is 313 g/mol. The lowest BCUT2D eigenvalue weighted by Gasteiger charge is -2.16. The number of nitro benzene ring substituents is 1. The summed E-state index contributed by atoms with van der Waals surface area (Å²) >= 11 is 5.60. The van der Waals surface area contributed by atoms with E-state index in [0.717, 1.165) is 6.07 Å². The number of non-ortho nitro benzene ring substituents is 1. The molecule has 7 heteroatoms. The minimum Gasteiger partial charge on any atom is -0.376 e. The predicted molar refractivity (Wildman–Crippen MR) is 76.5 cm³/mol. The monoisotopic (exact) mass is 312 g/mol. The molecular formula is C14H11ClF2N2O2. The zero-order valence-electron chi connectivity index (χ0n) is 10.9. The Morgan fingerprint density at radius 2 is 1.90 bits per heavy atom. The van der Waals surface area contributed by atoms with Gasteiger partial charge in [0, 0.05) is 12.1 Å². The normalized spacial score (nSPS) is 12.0. The number of nitro groups is 1. The van der Waals surface area contributed by atoms with Gasteiger partial charge in [-0.15, -0.1) is 0 Å². The summed E-state index contributed by atoms with van der Waals surface area (Å²) in [5.41, 5.74) is 0.348. The van der Waals surface area contributed by atoms with Crippen LogP contribution in [0.3, 0.4) is 0 Å². The third kappa shape index (κ3) is 3.46. The van der Waals surface area contributed by atoms with E-state index in [9.17, 15) is 18.9 Å². The lowest BCUT2D eigenvalue weighted by molar-refractivity contribution is -0.385. The van der Waals surface area contributed by atoms with E-state index in [0.29, 0.717) is 5.56 Å². The first kappa shape index (κ1) is 15.2. The third-order valence-corrected chi connectivity index (χ3v) is 3.29. The molecule has 1 unspecified atom stereocenters. The molecule has 110 valence electrons. The number of halogens is 3. The number of hydrogen-bond acceptors (Lipinski definition) is 3. The molecule has 0 radical (unpaired) electrons. The quantitative estimate of drug-likeness (QED) is 0.657. The highest BCUT2D eigenvalue weighted by Crippen LogP contribution is 2.26. The molecule has 4 nitrogen and oxygen atoms in total. The van der Waals surface area contributed by atoms with Crippen LogP contribution < -0.4 is 5.32 Å². The van der Waals surface area contributed by atoms with Crippen LogP contribution in [0.1, 0.15) is 18.5 Å². The largest absolute Gasteiger partial charge is 0.376 e. The second-order valence-corrected chi connectivity index (χ2v) is 4.87. The van der Waals surface area contributed by atoms with Gasteiger partial charge in [-0.05, 0) is 30.7 Å². The standard InChI is InChI=1S/C14H11ClF2N2O2/c1-8(9-2-4-11(15)12(16)6-9)18-14-5-3-10(19(20)21)7-13(14)17/h2-8,18H,1H3. The Kier molecular flexibility index (Phi) is 4.37. The maximum Gasteiger partial charge on any atom is 0.272 e. The Morgan fingerprint density at radius 3 is 2.48 bits per heavy atom. The van der Waals surface area contributed by atoms with Gasteiger partial charge in [-0.1, -0.05) is 17.7 Å². The number of nitrogens with zero attached hydrogens (tertiary/aromatic N) is 1. The van der Waals surface area contributed by atoms with Crippen LogP contribution in [0.15, 0.2) is 36.4 Å². The molecule has 1 N–H and O–H groups in total. The second-order valence-electron chi connectivity index (χ2n) is 4.46. The van der Waals surface area contributed by atoms with E-state index in [1.807, 2.05) is 0 Å². The Morgan fingerprint density at radius 1 is 1.19 bits per heavy atom. The van der Waals surface area contributed by atoms with Crippen molar-refractivity contribution in [3.05, 3.63) is 68.7 Å². The van der Waals surface area contributed by atoms with Gasteiger partial charge in [0.2, 0.25) is 0 Å². The Hall–Kier alpha value is -2.21. The van der Waals surface area contributed by atoms with Crippen LogP contribution in [0.4, 0.5) is 20.2 Å². The van der Waals surface area contributed by atoms with Crippen molar-refractivity contribution < 1.29 is 13.7 Å². The van der Waals surface area contributed by atoms with Gasteiger partial charge in [0.15, 0.2) is 5.82 Å². The first-order valence-corrected chi connectivity index (χ1v) is 6.41. The SMILES string of the molecule is CC(Nc1ccc([N+](=O)[O-])cc1F)c1ccc(Cl)c(F)c1. The van der Waals surface area contributed by atoms with E-state index in [1.54, 1.807) is 13.0 Å². The van der Waals surface area contributed by atoms with Crippen LogP contribution in [0.25, 0.3) is 0 Å². The van der Waals surface area contributed by atoms with Crippen molar-refractivity contribution in [3.8, 4) is 0 Å². The van der Waals surface area contributed by atoms with E-state index >= 15 is 0 Å². The number of nitrogens with one attached hydrogen (secondary N) is 1. The van der Waals surface area contributed by atoms with Crippen LogP contribution in [0, 0.1) is 21.7 Å². The minimum atomic E-state index is -0.745. The summed E-state index contributed by atoms with van der Waals surface area (Å²) in [5, 5.41) is 13.4. The number of rotatable bonds is 4. The fourth-order valence-corrected chi connectivity index (χ4v) is 1.95. The highest BCUT2D eigenvalue weighted by molar-refractivity contribution is 6.30. The van der Waals surface area contributed by atoms with Crippen molar-refractivity contribution in [2.24, 2.45) is 0 Å². The van der Waals surface area contributed by atoms with E-state index in [1.165, 1.54) is 24.3 Å². The van der Waals surface area contributed by atoms with Gasteiger partial charge < -0.3 is 5.32 Å². The molecule has 0 amide bonds. The summed E-state index contributed by atoms with van der Waals surface area (Å²) in [6, 6.07) is 7.19. The van der Waals surface area contributed by atoms with Gasteiger partial charge in [-0.25, -0.2) is 8.78 Å². The lowest BCUT2D eigenvalue weighted by Crippen LogP contribution is -2.08. The van der Waals surface area contributed by atoms with Gasteiger partial charge in [-0.3, -0.25) is 10.1 Å². The fraction of sp³-hybridized carbons (Fsp3) is 0.143. The predicted octanol–water partition coefficient (Wildman–Crippen LogP) is 4.70. The fourth-order valence-electron chi connectivity index (χ4n) is 1.83. The molecular weight excluding hydrogens is 302 g/mol. The maximum absolute atomic E-state index is 13.8. The van der Waals surface area contributed by atoms with E-state index in [4.69, 9.17) is 11.6 Å². The molecule has 0 aliphatic rings. The van der Waals surface area contributed by atoms with Gasteiger partial charge >= 0.3 is 0 Å². The van der Waals surface area contributed by atoms with Crippen molar-refractivity contribution in [2.45, 2.75) is 13.0 Å². The summed E-state index contributed by atoms with van der Waals surface area (Å²) in [7, 11) is 0. The number of anilines is 1.